The highest BCUT2D eigenvalue weighted by Gasteiger charge is 2.22. The van der Waals surface area contributed by atoms with E-state index in [1.54, 1.807) is 0 Å². The van der Waals surface area contributed by atoms with Gasteiger partial charge in [0.25, 0.3) is 0 Å². The van der Waals surface area contributed by atoms with Crippen LogP contribution in [-0.4, -0.2) is 16.8 Å². The molecule has 1 aromatic rings. The van der Waals surface area contributed by atoms with Gasteiger partial charge in [-0.15, -0.1) is 0 Å². The first-order valence-corrected chi connectivity index (χ1v) is 8.14. The van der Waals surface area contributed by atoms with Crippen LogP contribution < -0.4 is 5.32 Å². The van der Waals surface area contributed by atoms with Gasteiger partial charge in [-0.2, -0.15) is 0 Å². The molecule has 2 unspecified atom stereocenters. The Morgan fingerprint density at radius 2 is 1.89 bits per heavy atom. The first-order valence-electron chi connectivity index (χ1n) is 7.23. The fourth-order valence-electron chi connectivity index (χ4n) is 2.61. The summed E-state index contributed by atoms with van der Waals surface area (Å²) < 4.78 is 0. The minimum Gasteiger partial charge on any atom is -0.352 e. The monoisotopic (exact) mass is 323 g/mol. The maximum absolute atomic E-state index is 12.0. The summed E-state index contributed by atoms with van der Waals surface area (Å²) in [7, 11) is 0. The van der Waals surface area contributed by atoms with Crippen molar-refractivity contribution in [3.8, 4) is 0 Å². The van der Waals surface area contributed by atoms with Crippen molar-refractivity contribution in [3.05, 3.63) is 35.9 Å². The van der Waals surface area contributed by atoms with E-state index in [4.69, 9.17) is 0 Å². The molecule has 0 radical (unpaired) electrons. The van der Waals surface area contributed by atoms with E-state index in [9.17, 15) is 4.79 Å². The Hall–Kier alpha value is -0.830. The van der Waals surface area contributed by atoms with E-state index in [2.05, 4.69) is 33.4 Å². The molecule has 0 heterocycles. The molecule has 1 aromatic carbocycles. The summed E-state index contributed by atoms with van der Waals surface area (Å²) >= 11 is 3.71. The molecule has 0 bridgehead atoms. The average molecular weight is 324 g/mol. The van der Waals surface area contributed by atoms with Crippen molar-refractivity contribution < 1.29 is 4.79 Å². The zero-order valence-electron chi connectivity index (χ0n) is 11.3. The van der Waals surface area contributed by atoms with E-state index in [0.29, 0.717) is 17.3 Å². The van der Waals surface area contributed by atoms with Gasteiger partial charge >= 0.3 is 0 Å². The Morgan fingerprint density at radius 3 is 2.68 bits per heavy atom. The van der Waals surface area contributed by atoms with Gasteiger partial charge in [-0.1, -0.05) is 65.5 Å². The van der Waals surface area contributed by atoms with Crippen LogP contribution in [0, 0.1) is 0 Å². The van der Waals surface area contributed by atoms with E-state index in [1.807, 2.05) is 18.2 Å². The van der Waals surface area contributed by atoms with Crippen LogP contribution in [0.5, 0.6) is 0 Å². The van der Waals surface area contributed by atoms with Crippen molar-refractivity contribution in [1.82, 2.24) is 5.32 Å². The van der Waals surface area contributed by atoms with Crippen molar-refractivity contribution in [2.45, 2.75) is 55.8 Å². The summed E-state index contributed by atoms with van der Waals surface area (Å²) in [6.45, 7) is 0. The molecule has 0 aliphatic heterocycles. The standard InChI is InChI=1S/C16H22BrNO/c17-14-9-5-2-6-10-15(14)18-16(19)12-11-13-7-3-1-4-8-13/h1,3-4,7-8,14-15H,2,5-6,9-12H2,(H,18,19). The Morgan fingerprint density at radius 1 is 1.16 bits per heavy atom. The third kappa shape index (κ3) is 4.98. The number of alkyl halides is 1. The lowest BCUT2D eigenvalue weighted by atomic mass is 10.1. The van der Waals surface area contributed by atoms with Gasteiger partial charge in [0.05, 0.1) is 0 Å². The van der Waals surface area contributed by atoms with Crippen molar-refractivity contribution in [1.29, 1.82) is 0 Å². The summed E-state index contributed by atoms with van der Waals surface area (Å²) in [6.07, 6.45) is 7.47. The van der Waals surface area contributed by atoms with Crippen LogP contribution in [-0.2, 0) is 11.2 Å². The first-order chi connectivity index (χ1) is 9.25. The third-order valence-corrected chi connectivity index (χ3v) is 4.86. The second kappa shape index (κ2) is 7.68. The van der Waals surface area contributed by atoms with Gasteiger partial charge in [0.2, 0.25) is 5.91 Å². The maximum atomic E-state index is 12.0. The smallest absolute Gasteiger partial charge is 0.220 e. The van der Waals surface area contributed by atoms with Crippen LogP contribution >= 0.6 is 15.9 Å². The molecule has 2 nitrogen and oxygen atoms in total. The first kappa shape index (κ1) is 14.6. The van der Waals surface area contributed by atoms with Gasteiger partial charge in [0, 0.05) is 17.3 Å². The molecule has 104 valence electrons. The molecule has 19 heavy (non-hydrogen) atoms. The van der Waals surface area contributed by atoms with E-state index < -0.39 is 0 Å². The molecule has 1 aliphatic rings. The fraction of sp³-hybridized carbons (Fsp3) is 0.562. The number of halogens is 1. The van der Waals surface area contributed by atoms with Crippen LogP contribution in [0.3, 0.4) is 0 Å². The third-order valence-electron chi connectivity index (χ3n) is 3.76. The Labute approximate surface area is 124 Å². The molecule has 3 heteroatoms. The number of benzene rings is 1. The summed E-state index contributed by atoms with van der Waals surface area (Å²) in [4.78, 5) is 12.5. The maximum Gasteiger partial charge on any atom is 0.220 e. The molecule has 0 aromatic heterocycles. The SMILES string of the molecule is O=C(CCc1ccccc1)NC1CCCCCC1Br. The molecule has 1 amide bonds. The second-order valence-electron chi connectivity index (χ2n) is 5.31. The van der Waals surface area contributed by atoms with E-state index >= 15 is 0 Å². The van der Waals surface area contributed by atoms with E-state index in [1.165, 1.54) is 31.2 Å². The Kier molecular flexibility index (Phi) is 5.90. The number of hydrogen-bond donors (Lipinski definition) is 1. The van der Waals surface area contributed by atoms with Crippen LogP contribution in [0.1, 0.15) is 44.1 Å². The highest BCUT2D eigenvalue weighted by atomic mass is 79.9. The summed E-state index contributed by atoms with van der Waals surface area (Å²) in [6, 6.07) is 10.5. The minimum absolute atomic E-state index is 0.181. The molecule has 2 rings (SSSR count). The van der Waals surface area contributed by atoms with E-state index in [-0.39, 0.29) is 5.91 Å². The van der Waals surface area contributed by atoms with Crippen LogP contribution in [0.25, 0.3) is 0 Å². The second-order valence-corrected chi connectivity index (χ2v) is 6.49. The summed E-state index contributed by atoms with van der Waals surface area (Å²) in [5, 5.41) is 3.19. The largest absolute Gasteiger partial charge is 0.352 e. The number of aryl methyl sites for hydroxylation is 1. The van der Waals surface area contributed by atoms with Crippen LogP contribution in [0.15, 0.2) is 30.3 Å². The lowest BCUT2D eigenvalue weighted by Crippen LogP contribution is -2.40. The number of nitrogens with one attached hydrogen (secondary N) is 1. The fourth-order valence-corrected chi connectivity index (χ4v) is 3.33. The van der Waals surface area contributed by atoms with Gasteiger partial charge in [-0.25, -0.2) is 0 Å². The normalized spacial score (nSPS) is 23.6. The van der Waals surface area contributed by atoms with Crippen LogP contribution in [0.4, 0.5) is 0 Å². The number of carbonyl (C=O) groups is 1. The van der Waals surface area contributed by atoms with E-state index in [0.717, 1.165) is 12.8 Å². The van der Waals surface area contributed by atoms with Gasteiger partial charge in [-0.05, 0) is 24.8 Å². The summed E-state index contributed by atoms with van der Waals surface area (Å²) in [5.41, 5.74) is 1.23. The summed E-state index contributed by atoms with van der Waals surface area (Å²) in [5.74, 6) is 0.181. The van der Waals surface area contributed by atoms with Gasteiger partial charge in [0.15, 0.2) is 0 Å². The molecular formula is C16H22BrNO. The number of hydrogen-bond acceptors (Lipinski definition) is 1. The number of carbonyl (C=O) groups excluding carboxylic acids is 1. The predicted molar refractivity (Wildman–Crippen MR) is 82.5 cm³/mol. The highest BCUT2D eigenvalue weighted by Crippen LogP contribution is 2.23. The van der Waals surface area contributed by atoms with Gasteiger partial charge in [-0.3, -0.25) is 4.79 Å². The average Bonchev–Trinajstić information content (AvgIpc) is 2.63. The Bertz CT molecular complexity index is 393. The highest BCUT2D eigenvalue weighted by molar-refractivity contribution is 9.09. The number of amides is 1. The topological polar surface area (TPSA) is 29.1 Å². The predicted octanol–water partition coefficient (Wildman–Crippen LogP) is 3.83. The lowest BCUT2D eigenvalue weighted by Gasteiger charge is -2.21. The zero-order valence-corrected chi connectivity index (χ0v) is 12.9. The van der Waals surface area contributed by atoms with Crippen LogP contribution in [0.2, 0.25) is 0 Å². The van der Waals surface area contributed by atoms with Crippen molar-refractivity contribution in [2.24, 2.45) is 0 Å². The molecule has 1 N–H and O–H groups in total. The zero-order chi connectivity index (χ0) is 13.5. The number of rotatable bonds is 4. The molecule has 1 aliphatic carbocycles. The lowest BCUT2D eigenvalue weighted by molar-refractivity contribution is -0.121. The van der Waals surface area contributed by atoms with Crippen molar-refractivity contribution in [3.63, 3.8) is 0 Å². The molecular weight excluding hydrogens is 302 g/mol. The molecule has 0 spiro atoms. The van der Waals surface area contributed by atoms with Crippen molar-refractivity contribution >= 4 is 21.8 Å². The van der Waals surface area contributed by atoms with Crippen molar-refractivity contribution in [2.75, 3.05) is 0 Å². The molecule has 2 atom stereocenters. The molecule has 1 saturated carbocycles. The quantitative estimate of drug-likeness (QED) is 0.662. The Balaban J connectivity index is 1.77. The van der Waals surface area contributed by atoms with Gasteiger partial charge in [0.1, 0.15) is 0 Å². The molecule has 1 fully saturated rings. The molecule has 0 saturated heterocycles. The van der Waals surface area contributed by atoms with Gasteiger partial charge < -0.3 is 5.32 Å². The minimum atomic E-state index is 0.181.